The molecule has 94 valence electrons. The fraction of sp³-hybridized carbons (Fsp3) is 0.182. The summed E-state index contributed by atoms with van der Waals surface area (Å²) in [5.41, 5.74) is 5.17. The average Bonchev–Trinajstić information content (AvgIpc) is 2.36. The molecule has 7 heteroatoms. The van der Waals surface area contributed by atoms with Crippen LogP contribution in [0.5, 0.6) is 0 Å². The molecule has 0 unspecified atom stereocenters. The van der Waals surface area contributed by atoms with Crippen LogP contribution in [0.3, 0.4) is 0 Å². The van der Waals surface area contributed by atoms with Gasteiger partial charge in [-0.2, -0.15) is 0 Å². The minimum absolute atomic E-state index is 0.0432. The summed E-state index contributed by atoms with van der Waals surface area (Å²) >= 11 is 0. The molecule has 0 aliphatic carbocycles. The molecule has 0 spiro atoms. The lowest BCUT2D eigenvalue weighted by atomic mass is 10.0. The van der Waals surface area contributed by atoms with Crippen LogP contribution in [-0.2, 0) is 14.4 Å². The number of carbonyl (C=O) groups is 4. The lowest BCUT2D eigenvalue weighted by molar-refractivity contribution is -0.140. The second kappa shape index (κ2) is 5.78. The van der Waals surface area contributed by atoms with Crippen molar-refractivity contribution in [2.75, 3.05) is 0 Å². The minimum atomic E-state index is -1.52. The van der Waals surface area contributed by atoms with E-state index in [1.165, 1.54) is 18.3 Å². The Morgan fingerprint density at radius 3 is 2.50 bits per heavy atom. The molecule has 3 N–H and O–H groups in total. The Bertz CT molecular complexity index is 497. The van der Waals surface area contributed by atoms with Gasteiger partial charge in [-0.1, -0.05) is 0 Å². The highest BCUT2D eigenvalue weighted by atomic mass is 16.4. The first-order valence-corrected chi connectivity index (χ1v) is 4.93. The summed E-state index contributed by atoms with van der Waals surface area (Å²) in [7, 11) is 0. The van der Waals surface area contributed by atoms with Crippen molar-refractivity contribution in [1.82, 2.24) is 4.98 Å². The summed E-state index contributed by atoms with van der Waals surface area (Å²) in [5, 5.41) is 8.43. The van der Waals surface area contributed by atoms with E-state index in [1.807, 2.05) is 0 Å². The van der Waals surface area contributed by atoms with E-state index in [0.717, 1.165) is 6.20 Å². The first-order valence-electron chi connectivity index (χ1n) is 4.93. The molecule has 0 aromatic carbocycles. The van der Waals surface area contributed by atoms with E-state index in [-0.39, 0.29) is 5.56 Å². The van der Waals surface area contributed by atoms with Crippen LogP contribution in [0.4, 0.5) is 0 Å². The lowest BCUT2D eigenvalue weighted by Gasteiger charge is -2.05. The van der Waals surface area contributed by atoms with Crippen molar-refractivity contribution in [3.63, 3.8) is 0 Å². The minimum Gasteiger partial charge on any atom is -0.481 e. The van der Waals surface area contributed by atoms with Gasteiger partial charge in [-0.15, -0.1) is 0 Å². The monoisotopic (exact) mass is 250 g/mol. The maximum atomic E-state index is 11.6. The largest absolute Gasteiger partial charge is 0.481 e. The lowest BCUT2D eigenvalue weighted by Crippen LogP contribution is -2.40. The second-order valence-electron chi connectivity index (χ2n) is 3.47. The molecule has 1 atom stereocenters. The third-order valence-corrected chi connectivity index (χ3v) is 2.09. The van der Waals surface area contributed by atoms with Gasteiger partial charge >= 0.3 is 5.97 Å². The molecule has 0 amide bonds. The van der Waals surface area contributed by atoms with Gasteiger partial charge in [0.15, 0.2) is 0 Å². The molecule has 1 heterocycles. The van der Waals surface area contributed by atoms with E-state index < -0.39 is 35.8 Å². The molecule has 0 radical (unpaired) electrons. The van der Waals surface area contributed by atoms with Crippen LogP contribution < -0.4 is 5.73 Å². The highest BCUT2D eigenvalue weighted by Crippen LogP contribution is 2.01. The van der Waals surface area contributed by atoms with Crippen LogP contribution in [0, 0.1) is 0 Å². The number of carboxylic acid groups (broad SMARTS) is 1. The second-order valence-corrected chi connectivity index (χ2v) is 3.47. The van der Waals surface area contributed by atoms with Gasteiger partial charge in [0.05, 0.1) is 12.5 Å². The summed E-state index contributed by atoms with van der Waals surface area (Å²) in [6.07, 6.45) is 1.83. The summed E-state index contributed by atoms with van der Waals surface area (Å²) in [4.78, 5) is 48.4. The number of aromatic nitrogens is 1. The first-order chi connectivity index (χ1) is 8.43. The van der Waals surface area contributed by atoms with Crippen LogP contribution in [-0.4, -0.2) is 39.5 Å². The molecule has 0 saturated heterocycles. The van der Waals surface area contributed by atoms with E-state index in [0.29, 0.717) is 0 Å². The molecule has 0 saturated carbocycles. The van der Waals surface area contributed by atoms with Crippen molar-refractivity contribution >= 4 is 23.3 Å². The molecule has 1 rings (SSSR count). The zero-order valence-corrected chi connectivity index (χ0v) is 9.20. The van der Waals surface area contributed by atoms with Crippen LogP contribution in [0.25, 0.3) is 0 Å². The predicted octanol–water partition coefficient (Wildman–Crippen LogP) is -0.796. The maximum absolute atomic E-state index is 11.6. The van der Waals surface area contributed by atoms with Gasteiger partial charge in [0.25, 0.3) is 5.78 Å². The average molecular weight is 250 g/mol. The molecule has 0 bridgehead atoms. The van der Waals surface area contributed by atoms with Gasteiger partial charge < -0.3 is 10.8 Å². The highest BCUT2D eigenvalue weighted by Gasteiger charge is 2.29. The zero-order chi connectivity index (χ0) is 13.7. The van der Waals surface area contributed by atoms with E-state index >= 15 is 0 Å². The number of nitrogens with two attached hydrogens (primary N) is 1. The van der Waals surface area contributed by atoms with Crippen molar-refractivity contribution in [3.05, 3.63) is 30.1 Å². The standard InChI is InChI=1S/C11H10N2O5/c12-7(4-8(14)15)10(17)11(18)9(16)6-2-1-3-13-5-6/h1-3,5,7H,4,12H2,(H,14,15)/t7-/m0/s1. The van der Waals surface area contributed by atoms with Crippen molar-refractivity contribution in [3.8, 4) is 0 Å². The third kappa shape index (κ3) is 3.29. The number of Topliss-reactive ketones (excluding diaryl/α,β-unsaturated/α-hetero) is 3. The van der Waals surface area contributed by atoms with Gasteiger partial charge in [0.2, 0.25) is 11.6 Å². The van der Waals surface area contributed by atoms with Crippen molar-refractivity contribution in [2.45, 2.75) is 12.5 Å². The SMILES string of the molecule is N[C@@H](CC(=O)O)C(=O)C(=O)C(=O)c1cccnc1. The number of ketones is 3. The molecule has 0 fully saturated rings. The number of hydrogen-bond donors (Lipinski definition) is 2. The van der Waals surface area contributed by atoms with E-state index in [9.17, 15) is 19.2 Å². The number of aliphatic carboxylic acids is 1. The van der Waals surface area contributed by atoms with Crippen molar-refractivity contribution < 1.29 is 24.3 Å². The summed E-state index contributed by atoms with van der Waals surface area (Å²) in [6, 6.07) is 1.24. The molecule has 0 aliphatic rings. The van der Waals surface area contributed by atoms with Crippen LogP contribution in [0.15, 0.2) is 24.5 Å². The molecular weight excluding hydrogens is 240 g/mol. The smallest absolute Gasteiger partial charge is 0.305 e. The Balaban J connectivity index is 2.79. The normalized spacial score (nSPS) is 11.6. The molecular formula is C11H10N2O5. The molecule has 7 nitrogen and oxygen atoms in total. The number of nitrogens with zero attached hydrogens (tertiary/aromatic N) is 1. The number of hydrogen-bond acceptors (Lipinski definition) is 6. The fourth-order valence-electron chi connectivity index (χ4n) is 1.19. The Hall–Kier alpha value is -2.41. The van der Waals surface area contributed by atoms with Gasteiger partial charge in [-0.25, -0.2) is 0 Å². The van der Waals surface area contributed by atoms with Crippen LogP contribution >= 0.6 is 0 Å². The number of carboxylic acids is 1. The first kappa shape index (κ1) is 13.7. The van der Waals surface area contributed by atoms with Gasteiger partial charge in [-0.05, 0) is 12.1 Å². The van der Waals surface area contributed by atoms with E-state index in [1.54, 1.807) is 0 Å². The van der Waals surface area contributed by atoms with Crippen LogP contribution in [0.1, 0.15) is 16.8 Å². The molecule has 18 heavy (non-hydrogen) atoms. The maximum Gasteiger partial charge on any atom is 0.305 e. The van der Waals surface area contributed by atoms with E-state index in [4.69, 9.17) is 10.8 Å². The quantitative estimate of drug-likeness (QED) is 0.384. The Kier molecular flexibility index (Phi) is 4.39. The topological polar surface area (TPSA) is 127 Å². The number of pyridine rings is 1. The predicted molar refractivity (Wildman–Crippen MR) is 58.8 cm³/mol. The summed E-state index contributed by atoms with van der Waals surface area (Å²) < 4.78 is 0. The molecule has 1 aromatic rings. The Labute approximate surface area is 102 Å². The van der Waals surface area contributed by atoms with Crippen molar-refractivity contribution in [2.24, 2.45) is 5.73 Å². The van der Waals surface area contributed by atoms with Crippen LogP contribution in [0.2, 0.25) is 0 Å². The molecule has 0 aliphatic heterocycles. The van der Waals surface area contributed by atoms with Gasteiger partial charge in [0, 0.05) is 18.0 Å². The number of rotatable bonds is 6. The highest BCUT2D eigenvalue weighted by molar-refractivity contribution is 6.67. The van der Waals surface area contributed by atoms with Gasteiger partial charge in [-0.3, -0.25) is 24.2 Å². The zero-order valence-electron chi connectivity index (χ0n) is 9.20. The van der Waals surface area contributed by atoms with Gasteiger partial charge in [0.1, 0.15) is 0 Å². The fourth-order valence-corrected chi connectivity index (χ4v) is 1.19. The Morgan fingerprint density at radius 1 is 1.33 bits per heavy atom. The van der Waals surface area contributed by atoms with E-state index in [2.05, 4.69) is 4.98 Å². The number of carbonyl (C=O) groups excluding carboxylic acids is 3. The van der Waals surface area contributed by atoms with Crippen molar-refractivity contribution in [1.29, 1.82) is 0 Å². The molecule has 1 aromatic heterocycles. The Morgan fingerprint density at radius 2 is 2.00 bits per heavy atom. The third-order valence-electron chi connectivity index (χ3n) is 2.09. The summed E-state index contributed by atoms with van der Waals surface area (Å²) in [6.45, 7) is 0. The summed E-state index contributed by atoms with van der Waals surface area (Å²) in [5.74, 6) is -4.92.